The number of aromatic carboxylic acids is 1. The summed E-state index contributed by atoms with van der Waals surface area (Å²) in [7, 11) is 0. The Labute approximate surface area is 139 Å². The van der Waals surface area contributed by atoms with E-state index in [1.807, 2.05) is 36.4 Å². The first kappa shape index (κ1) is 15.7. The maximum atomic E-state index is 13.0. The largest absolute Gasteiger partial charge is 0.478 e. The summed E-state index contributed by atoms with van der Waals surface area (Å²) in [6, 6.07) is 21.1. The molecule has 3 nitrogen and oxygen atoms in total. The number of rotatable bonds is 5. The van der Waals surface area contributed by atoms with Gasteiger partial charge in [0.25, 0.3) is 0 Å². The van der Waals surface area contributed by atoms with Gasteiger partial charge < -0.3 is 10.4 Å². The van der Waals surface area contributed by atoms with Crippen molar-refractivity contribution in [2.24, 2.45) is 0 Å². The van der Waals surface area contributed by atoms with Gasteiger partial charge in [0.05, 0.1) is 5.56 Å². The summed E-state index contributed by atoms with van der Waals surface area (Å²) in [6.45, 7) is 0.415. The normalized spacial score (nSPS) is 10.4. The highest BCUT2D eigenvalue weighted by molar-refractivity contribution is 5.95. The van der Waals surface area contributed by atoms with Gasteiger partial charge in [-0.25, -0.2) is 9.18 Å². The second-order valence-corrected chi connectivity index (χ2v) is 5.41. The molecule has 4 heteroatoms. The third-order valence-electron chi connectivity index (χ3n) is 3.75. The fourth-order valence-electron chi connectivity index (χ4n) is 2.49. The Morgan fingerprint density at radius 1 is 0.917 bits per heavy atom. The Hall–Kier alpha value is -3.14. The van der Waals surface area contributed by atoms with Gasteiger partial charge in [0.2, 0.25) is 0 Å². The molecule has 0 saturated heterocycles. The van der Waals surface area contributed by atoms with Crippen molar-refractivity contribution >= 4 is 11.7 Å². The van der Waals surface area contributed by atoms with Crippen LogP contribution in [0.2, 0.25) is 0 Å². The summed E-state index contributed by atoms with van der Waals surface area (Å²) in [4.78, 5) is 11.4. The number of benzene rings is 3. The third kappa shape index (κ3) is 3.60. The average Bonchev–Trinajstić information content (AvgIpc) is 2.61. The maximum Gasteiger partial charge on any atom is 0.337 e. The lowest BCUT2D eigenvalue weighted by Crippen LogP contribution is -2.06. The molecule has 0 atom stereocenters. The molecule has 0 spiro atoms. The zero-order chi connectivity index (χ0) is 16.9. The number of nitrogens with one attached hydrogen (secondary N) is 1. The van der Waals surface area contributed by atoms with E-state index in [4.69, 9.17) is 0 Å². The van der Waals surface area contributed by atoms with Crippen LogP contribution >= 0.6 is 0 Å². The summed E-state index contributed by atoms with van der Waals surface area (Å²) in [5.41, 5.74) is 3.56. The van der Waals surface area contributed by atoms with E-state index in [-0.39, 0.29) is 11.4 Å². The Balaban J connectivity index is 1.89. The predicted molar refractivity (Wildman–Crippen MR) is 92.6 cm³/mol. The first-order chi connectivity index (χ1) is 11.6. The molecule has 3 rings (SSSR count). The minimum absolute atomic E-state index is 0.205. The number of hydrogen-bond donors (Lipinski definition) is 2. The second-order valence-electron chi connectivity index (χ2n) is 5.41. The molecular weight excluding hydrogens is 305 g/mol. The van der Waals surface area contributed by atoms with Gasteiger partial charge in [0, 0.05) is 12.2 Å². The zero-order valence-electron chi connectivity index (χ0n) is 12.9. The molecule has 0 aromatic heterocycles. The van der Waals surface area contributed by atoms with Crippen LogP contribution in [-0.4, -0.2) is 11.1 Å². The summed E-state index contributed by atoms with van der Waals surface area (Å²) >= 11 is 0. The van der Waals surface area contributed by atoms with Crippen LogP contribution < -0.4 is 5.32 Å². The summed E-state index contributed by atoms with van der Waals surface area (Å²) in [5.74, 6) is -1.28. The molecule has 0 amide bonds. The predicted octanol–water partition coefficient (Wildman–Crippen LogP) is 4.80. The summed E-state index contributed by atoms with van der Waals surface area (Å²) < 4.78 is 13.0. The van der Waals surface area contributed by atoms with Crippen molar-refractivity contribution in [2.75, 3.05) is 5.32 Å². The quantitative estimate of drug-likeness (QED) is 0.709. The molecule has 0 aliphatic heterocycles. The van der Waals surface area contributed by atoms with Crippen molar-refractivity contribution in [1.82, 2.24) is 0 Å². The van der Waals surface area contributed by atoms with Gasteiger partial charge in [0.15, 0.2) is 0 Å². The van der Waals surface area contributed by atoms with E-state index in [1.54, 1.807) is 24.3 Å². The van der Waals surface area contributed by atoms with Gasteiger partial charge >= 0.3 is 5.97 Å². The molecule has 2 N–H and O–H groups in total. The molecule has 24 heavy (non-hydrogen) atoms. The minimum Gasteiger partial charge on any atom is -0.478 e. The number of halogens is 1. The average molecular weight is 321 g/mol. The van der Waals surface area contributed by atoms with E-state index in [0.717, 1.165) is 16.7 Å². The van der Waals surface area contributed by atoms with E-state index >= 15 is 0 Å². The van der Waals surface area contributed by atoms with Gasteiger partial charge in [-0.15, -0.1) is 0 Å². The van der Waals surface area contributed by atoms with E-state index in [2.05, 4.69) is 5.32 Å². The zero-order valence-corrected chi connectivity index (χ0v) is 12.9. The first-order valence-electron chi connectivity index (χ1n) is 7.54. The van der Waals surface area contributed by atoms with Crippen LogP contribution in [-0.2, 0) is 6.54 Å². The van der Waals surface area contributed by atoms with Crippen LogP contribution in [0.15, 0.2) is 72.8 Å². The van der Waals surface area contributed by atoms with Gasteiger partial charge in [0.1, 0.15) is 5.82 Å². The van der Waals surface area contributed by atoms with Crippen LogP contribution in [0, 0.1) is 5.82 Å². The van der Waals surface area contributed by atoms with Crippen LogP contribution in [0.1, 0.15) is 15.9 Å². The van der Waals surface area contributed by atoms with Crippen molar-refractivity contribution in [1.29, 1.82) is 0 Å². The van der Waals surface area contributed by atoms with Crippen molar-refractivity contribution < 1.29 is 14.3 Å². The lowest BCUT2D eigenvalue weighted by molar-refractivity contribution is 0.0698. The molecule has 0 bridgehead atoms. The molecule has 0 aliphatic rings. The molecule has 3 aromatic rings. The van der Waals surface area contributed by atoms with E-state index in [0.29, 0.717) is 12.2 Å². The number of carboxylic acids is 1. The van der Waals surface area contributed by atoms with Gasteiger partial charge in [-0.3, -0.25) is 0 Å². The molecule has 0 aliphatic carbocycles. The fourth-order valence-corrected chi connectivity index (χ4v) is 2.49. The van der Waals surface area contributed by atoms with E-state index in [9.17, 15) is 14.3 Å². The molecule has 0 heterocycles. The molecule has 0 unspecified atom stereocenters. The third-order valence-corrected chi connectivity index (χ3v) is 3.75. The number of anilines is 1. The van der Waals surface area contributed by atoms with E-state index < -0.39 is 5.97 Å². The fraction of sp³-hybridized carbons (Fsp3) is 0.0500. The Kier molecular flexibility index (Phi) is 4.57. The van der Waals surface area contributed by atoms with E-state index in [1.165, 1.54) is 12.1 Å². The monoisotopic (exact) mass is 321 g/mol. The highest BCUT2D eigenvalue weighted by atomic mass is 19.1. The topological polar surface area (TPSA) is 49.3 Å². The Morgan fingerprint density at radius 2 is 1.62 bits per heavy atom. The van der Waals surface area contributed by atoms with Crippen molar-refractivity contribution in [2.45, 2.75) is 6.54 Å². The van der Waals surface area contributed by atoms with Gasteiger partial charge in [-0.2, -0.15) is 0 Å². The van der Waals surface area contributed by atoms with Crippen LogP contribution in [0.3, 0.4) is 0 Å². The molecule has 3 aromatic carbocycles. The highest BCUT2D eigenvalue weighted by Gasteiger charge is 2.11. The molecule has 0 fully saturated rings. The van der Waals surface area contributed by atoms with Gasteiger partial charge in [-0.05, 0) is 41.0 Å². The minimum atomic E-state index is -0.990. The number of carbonyl (C=O) groups is 1. The Morgan fingerprint density at radius 3 is 2.29 bits per heavy atom. The van der Waals surface area contributed by atoms with Crippen LogP contribution in [0.25, 0.3) is 11.1 Å². The highest BCUT2D eigenvalue weighted by Crippen LogP contribution is 2.26. The summed E-state index contributed by atoms with van der Waals surface area (Å²) in [5, 5.41) is 12.5. The van der Waals surface area contributed by atoms with Crippen molar-refractivity contribution in [3.63, 3.8) is 0 Å². The van der Waals surface area contributed by atoms with Crippen LogP contribution in [0.5, 0.6) is 0 Å². The molecule has 0 radical (unpaired) electrons. The van der Waals surface area contributed by atoms with Crippen LogP contribution in [0.4, 0.5) is 10.1 Å². The Bertz CT molecular complexity index is 845. The van der Waals surface area contributed by atoms with Gasteiger partial charge in [-0.1, -0.05) is 48.5 Å². The molecule has 120 valence electrons. The summed E-state index contributed by atoms with van der Waals surface area (Å²) in [6.07, 6.45) is 0. The first-order valence-corrected chi connectivity index (χ1v) is 7.54. The SMILES string of the molecule is O=C(O)c1ccc(-c2ccccc2)cc1NCc1ccc(F)cc1. The lowest BCUT2D eigenvalue weighted by atomic mass is 10.0. The molecule has 0 saturated carbocycles. The number of carboxylic acid groups (broad SMARTS) is 1. The standard InChI is InChI=1S/C20H16FNO2/c21-17-9-6-14(7-10-17)13-22-19-12-16(8-11-18(19)20(23)24)15-4-2-1-3-5-15/h1-12,22H,13H2,(H,23,24). The van der Waals surface area contributed by atoms with Crippen molar-refractivity contribution in [3.05, 3.63) is 89.7 Å². The second kappa shape index (κ2) is 6.96. The molecular formula is C20H16FNO2. The smallest absolute Gasteiger partial charge is 0.337 e. The lowest BCUT2D eigenvalue weighted by Gasteiger charge is -2.12. The number of hydrogen-bond acceptors (Lipinski definition) is 2. The van der Waals surface area contributed by atoms with Crippen molar-refractivity contribution in [3.8, 4) is 11.1 Å². The maximum absolute atomic E-state index is 13.0.